The van der Waals surface area contributed by atoms with E-state index < -0.39 is 22.7 Å². The molecule has 1 fully saturated rings. The summed E-state index contributed by atoms with van der Waals surface area (Å²) in [7, 11) is 1.52. The van der Waals surface area contributed by atoms with Gasteiger partial charge in [0.15, 0.2) is 5.17 Å². The molecule has 0 spiro atoms. The molecule has 1 saturated heterocycles. The number of furan rings is 1. The minimum absolute atomic E-state index is 0.0635. The van der Waals surface area contributed by atoms with Gasteiger partial charge in [0.1, 0.15) is 11.5 Å². The number of carbonyl (C=O) groups is 2. The highest BCUT2D eigenvalue weighted by atomic mass is 35.5. The Bertz CT molecular complexity index is 1360. The van der Waals surface area contributed by atoms with Crippen LogP contribution in [0.1, 0.15) is 21.7 Å². The maximum absolute atomic E-state index is 13.1. The van der Waals surface area contributed by atoms with Crippen molar-refractivity contribution in [1.82, 2.24) is 4.90 Å². The topological polar surface area (TPSA) is 83.1 Å². The van der Waals surface area contributed by atoms with Gasteiger partial charge < -0.3 is 9.52 Å². The normalized spacial score (nSPS) is 16.6. The molecule has 174 valence electrons. The van der Waals surface area contributed by atoms with Gasteiger partial charge in [0.2, 0.25) is 0 Å². The van der Waals surface area contributed by atoms with E-state index in [9.17, 15) is 22.8 Å². The Hall–Kier alpha value is -3.50. The van der Waals surface area contributed by atoms with Crippen LogP contribution in [-0.4, -0.2) is 34.1 Å². The molecule has 34 heavy (non-hydrogen) atoms. The standard InChI is InChI=1S/C23H14ClF3N2O4S/c1-29-20(30)19(34-22(29)28-14-4-2-3-13(9-14)21(31)32)11-15-6-8-18(33-15)12-5-7-17(24)16(10-12)23(25,26)27/h2-11H,1H3,(H,31,32). The number of halogens is 4. The molecule has 1 amide bonds. The second-order valence-electron chi connectivity index (χ2n) is 7.12. The van der Waals surface area contributed by atoms with Crippen LogP contribution in [0.15, 0.2) is 68.9 Å². The Labute approximate surface area is 200 Å². The zero-order valence-electron chi connectivity index (χ0n) is 17.3. The maximum atomic E-state index is 13.1. The molecule has 1 N–H and O–H groups in total. The van der Waals surface area contributed by atoms with Crippen LogP contribution in [0, 0.1) is 0 Å². The van der Waals surface area contributed by atoms with Crippen molar-refractivity contribution in [2.45, 2.75) is 6.18 Å². The molecule has 1 aromatic heterocycles. The van der Waals surface area contributed by atoms with Crippen molar-refractivity contribution in [2.24, 2.45) is 4.99 Å². The predicted octanol–water partition coefficient (Wildman–Crippen LogP) is 6.55. The average Bonchev–Trinajstić information content (AvgIpc) is 3.34. The fourth-order valence-corrected chi connectivity index (χ4v) is 4.27. The fraction of sp³-hybridized carbons (Fsp3) is 0.0870. The fourth-order valence-electron chi connectivity index (χ4n) is 3.08. The van der Waals surface area contributed by atoms with Crippen molar-refractivity contribution in [3.8, 4) is 11.3 Å². The lowest BCUT2D eigenvalue weighted by Gasteiger charge is -2.09. The number of aromatic carboxylic acids is 1. The quantitative estimate of drug-likeness (QED) is 0.406. The number of rotatable bonds is 4. The molecule has 1 aliphatic rings. The lowest BCUT2D eigenvalue weighted by atomic mass is 10.1. The van der Waals surface area contributed by atoms with E-state index in [1.165, 1.54) is 48.4 Å². The highest BCUT2D eigenvalue weighted by molar-refractivity contribution is 8.18. The van der Waals surface area contributed by atoms with Gasteiger partial charge in [-0.3, -0.25) is 9.69 Å². The van der Waals surface area contributed by atoms with Crippen LogP contribution in [-0.2, 0) is 11.0 Å². The number of carbonyl (C=O) groups excluding carboxylic acids is 1. The van der Waals surface area contributed by atoms with Crippen LogP contribution < -0.4 is 0 Å². The highest BCUT2D eigenvalue weighted by Crippen LogP contribution is 2.38. The molecule has 0 radical (unpaired) electrons. The van der Waals surface area contributed by atoms with Gasteiger partial charge in [-0.05, 0) is 60.3 Å². The van der Waals surface area contributed by atoms with E-state index in [1.54, 1.807) is 12.1 Å². The smallest absolute Gasteiger partial charge is 0.417 e. The van der Waals surface area contributed by atoms with E-state index in [0.717, 1.165) is 23.9 Å². The number of aliphatic imine (C=N–C) groups is 1. The lowest BCUT2D eigenvalue weighted by Crippen LogP contribution is -2.23. The number of hydrogen-bond acceptors (Lipinski definition) is 5. The van der Waals surface area contributed by atoms with Gasteiger partial charge in [0, 0.05) is 18.7 Å². The van der Waals surface area contributed by atoms with Gasteiger partial charge in [-0.25, -0.2) is 9.79 Å². The molecule has 1 aliphatic heterocycles. The van der Waals surface area contributed by atoms with Gasteiger partial charge in [0.05, 0.1) is 26.7 Å². The number of benzene rings is 2. The van der Waals surface area contributed by atoms with E-state index in [0.29, 0.717) is 10.9 Å². The van der Waals surface area contributed by atoms with E-state index in [-0.39, 0.29) is 33.5 Å². The van der Waals surface area contributed by atoms with Gasteiger partial charge in [-0.1, -0.05) is 17.7 Å². The summed E-state index contributed by atoms with van der Waals surface area (Å²) in [6.45, 7) is 0. The third-order valence-corrected chi connectivity index (χ3v) is 6.17. The molecule has 0 atom stereocenters. The number of nitrogens with zero attached hydrogens (tertiary/aromatic N) is 2. The minimum Gasteiger partial charge on any atom is -0.478 e. The summed E-state index contributed by atoms with van der Waals surface area (Å²) in [6.07, 6.45) is -3.15. The van der Waals surface area contributed by atoms with E-state index in [4.69, 9.17) is 21.1 Å². The molecule has 2 aromatic carbocycles. The molecule has 0 bridgehead atoms. The SMILES string of the molecule is CN1C(=O)C(=Cc2ccc(-c3ccc(Cl)c(C(F)(F)F)c3)o2)SC1=Nc1cccc(C(=O)O)c1. The predicted molar refractivity (Wildman–Crippen MR) is 123 cm³/mol. The zero-order valence-corrected chi connectivity index (χ0v) is 18.8. The van der Waals surface area contributed by atoms with Crippen molar-refractivity contribution in [3.05, 3.63) is 81.4 Å². The summed E-state index contributed by atoms with van der Waals surface area (Å²) >= 11 is 6.72. The Morgan fingerprint density at radius 3 is 2.65 bits per heavy atom. The Balaban J connectivity index is 1.60. The summed E-state index contributed by atoms with van der Waals surface area (Å²) in [5, 5.41) is 9.04. The third kappa shape index (κ3) is 4.87. The largest absolute Gasteiger partial charge is 0.478 e. The van der Waals surface area contributed by atoms with Crippen LogP contribution in [0.25, 0.3) is 17.4 Å². The Morgan fingerprint density at radius 1 is 1.18 bits per heavy atom. The van der Waals surface area contributed by atoms with Crippen molar-refractivity contribution in [3.63, 3.8) is 0 Å². The summed E-state index contributed by atoms with van der Waals surface area (Å²) in [6, 6.07) is 12.5. The molecule has 3 aromatic rings. The summed E-state index contributed by atoms with van der Waals surface area (Å²) < 4.78 is 45.1. The molecule has 6 nitrogen and oxygen atoms in total. The first-order chi connectivity index (χ1) is 16.0. The van der Waals surface area contributed by atoms with Gasteiger partial charge in [0.25, 0.3) is 5.91 Å². The number of amides is 1. The Morgan fingerprint density at radius 2 is 1.94 bits per heavy atom. The summed E-state index contributed by atoms with van der Waals surface area (Å²) in [5.41, 5.74) is -0.358. The van der Waals surface area contributed by atoms with Crippen LogP contribution in [0.3, 0.4) is 0 Å². The van der Waals surface area contributed by atoms with Crippen LogP contribution in [0.5, 0.6) is 0 Å². The van der Waals surface area contributed by atoms with Crippen molar-refractivity contribution in [2.75, 3.05) is 7.05 Å². The zero-order chi connectivity index (χ0) is 24.6. The summed E-state index contributed by atoms with van der Waals surface area (Å²) in [4.78, 5) is 29.7. The van der Waals surface area contributed by atoms with E-state index in [2.05, 4.69) is 4.99 Å². The van der Waals surface area contributed by atoms with Crippen molar-refractivity contribution in [1.29, 1.82) is 0 Å². The number of alkyl halides is 3. The number of carboxylic acids is 1. The monoisotopic (exact) mass is 506 g/mol. The second kappa shape index (κ2) is 9.03. The molecule has 0 unspecified atom stereocenters. The van der Waals surface area contributed by atoms with E-state index in [1.807, 2.05) is 0 Å². The number of thioether (sulfide) groups is 1. The van der Waals surface area contributed by atoms with Gasteiger partial charge in [-0.2, -0.15) is 13.2 Å². The van der Waals surface area contributed by atoms with Crippen LogP contribution in [0.4, 0.5) is 18.9 Å². The number of carboxylic acid groups (broad SMARTS) is 1. The minimum atomic E-state index is -4.61. The molecule has 11 heteroatoms. The third-order valence-electron chi connectivity index (χ3n) is 4.78. The first kappa shape index (κ1) is 23.7. The van der Waals surface area contributed by atoms with Crippen molar-refractivity contribution >= 4 is 52.2 Å². The van der Waals surface area contributed by atoms with Crippen LogP contribution in [0.2, 0.25) is 5.02 Å². The number of likely N-dealkylation sites (N-methyl/N-ethyl adjacent to an activating group) is 1. The average molecular weight is 507 g/mol. The Kier molecular flexibility index (Phi) is 6.28. The van der Waals surface area contributed by atoms with Gasteiger partial charge in [-0.15, -0.1) is 0 Å². The van der Waals surface area contributed by atoms with Crippen LogP contribution >= 0.6 is 23.4 Å². The molecule has 0 saturated carbocycles. The maximum Gasteiger partial charge on any atom is 0.417 e. The molecular weight excluding hydrogens is 493 g/mol. The number of hydrogen-bond donors (Lipinski definition) is 1. The summed E-state index contributed by atoms with van der Waals surface area (Å²) in [5.74, 6) is -1.01. The first-order valence-corrected chi connectivity index (χ1v) is 10.8. The molecule has 0 aliphatic carbocycles. The van der Waals surface area contributed by atoms with Crippen molar-refractivity contribution < 1.29 is 32.3 Å². The number of amidine groups is 1. The highest BCUT2D eigenvalue weighted by Gasteiger charge is 2.34. The molecule has 4 rings (SSSR count). The lowest BCUT2D eigenvalue weighted by molar-refractivity contribution is -0.137. The van der Waals surface area contributed by atoms with E-state index >= 15 is 0 Å². The second-order valence-corrected chi connectivity index (χ2v) is 8.54. The first-order valence-electron chi connectivity index (χ1n) is 9.59. The molecular formula is C23H14ClF3N2O4S. The molecule has 2 heterocycles. The van der Waals surface area contributed by atoms with Gasteiger partial charge >= 0.3 is 12.1 Å².